The molecule has 0 bridgehead atoms. The summed E-state index contributed by atoms with van der Waals surface area (Å²) in [4.78, 5) is 0. The van der Waals surface area contributed by atoms with E-state index >= 15 is 0 Å². The minimum Gasteiger partial charge on any atom is -0.492 e. The second kappa shape index (κ2) is 7.49. The molecule has 0 aromatic heterocycles. The van der Waals surface area contributed by atoms with Gasteiger partial charge in [0.1, 0.15) is 18.2 Å². The number of benzene rings is 1. The van der Waals surface area contributed by atoms with E-state index in [1.807, 2.05) is 0 Å². The molecule has 0 saturated heterocycles. The molecule has 2 rings (SSSR count). The summed E-state index contributed by atoms with van der Waals surface area (Å²) < 4.78 is 18.7. The van der Waals surface area contributed by atoms with E-state index in [-0.39, 0.29) is 5.82 Å². The zero-order valence-corrected chi connectivity index (χ0v) is 11.8. The number of nitrogens with one attached hydrogen (secondary N) is 1. The number of halogens is 1. The third-order valence-electron chi connectivity index (χ3n) is 3.83. The SMILES string of the molecule is Cc1cc(OCCNCC2CCCCC2)ccc1F. The lowest BCUT2D eigenvalue weighted by Crippen LogP contribution is -2.28. The Kier molecular flexibility index (Phi) is 5.64. The Morgan fingerprint density at radius 2 is 2.05 bits per heavy atom. The fraction of sp³-hybridized carbons (Fsp3) is 0.625. The molecular formula is C16H24FNO. The number of hydrogen-bond acceptors (Lipinski definition) is 2. The predicted octanol–water partition coefficient (Wildman–Crippen LogP) is 3.68. The molecule has 0 radical (unpaired) electrons. The average molecular weight is 265 g/mol. The zero-order valence-electron chi connectivity index (χ0n) is 11.8. The van der Waals surface area contributed by atoms with Gasteiger partial charge in [0.2, 0.25) is 0 Å². The first-order valence-corrected chi connectivity index (χ1v) is 7.35. The van der Waals surface area contributed by atoms with Gasteiger partial charge >= 0.3 is 0 Å². The average Bonchev–Trinajstić information content (AvgIpc) is 2.43. The second-order valence-corrected chi connectivity index (χ2v) is 5.47. The second-order valence-electron chi connectivity index (χ2n) is 5.47. The molecular weight excluding hydrogens is 241 g/mol. The Hall–Kier alpha value is -1.09. The van der Waals surface area contributed by atoms with Crippen molar-refractivity contribution >= 4 is 0 Å². The van der Waals surface area contributed by atoms with Crippen molar-refractivity contribution in [2.75, 3.05) is 19.7 Å². The molecule has 0 aliphatic heterocycles. The van der Waals surface area contributed by atoms with Crippen molar-refractivity contribution in [1.82, 2.24) is 5.32 Å². The molecule has 106 valence electrons. The fourth-order valence-corrected chi connectivity index (χ4v) is 2.65. The minimum absolute atomic E-state index is 0.178. The maximum Gasteiger partial charge on any atom is 0.126 e. The Labute approximate surface area is 115 Å². The molecule has 1 aromatic carbocycles. The molecule has 1 fully saturated rings. The Balaban J connectivity index is 1.59. The minimum atomic E-state index is -0.178. The van der Waals surface area contributed by atoms with Gasteiger partial charge in [-0.2, -0.15) is 0 Å². The van der Waals surface area contributed by atoms with Gasteiger partial charge in [-0.05, 0) is 56.0 Å². The van der Waals surface area contributed by atoms with Crippen molar-refractivity contribution in [3.8, 4) is 5.75 Å². The van der Waals surface area contributed by atoms with Crippen molar-refractivity contribution in [1.29, 1.82) is 0 Å². The van der Waals surface area contributed by atoms with Gasteiger partial charge in [-0.3, -0.25) is 0 Å². The first kappa shape index (κ1) is 14.3. The van der Waals surface area contributed by atoms with Gasteiger partial charge in [-0.25, -0.2) is 4.39 Å². The maximum absolute atomic E-state index is 13.1. The van der Waals surface area contributed by atoms with E-state index in [1.54, 1.807) is 19.1 Å². The molecule has 19 heavy (non-hydrogen) atoms. The molecule has 0 heterocycles. The van der Waals surface area contributed by atoms with E-state index in [0.29, 0.717) is 12.2 Å². The number of aryl methyl sites for hydroxylation is 1. The molecule has 0 spiro atoms. The molecule has 1 aliphatic carbocycles. The van der Waals surface area contributed by atoms with Gasteiger partial charge in [-0.1, -0.05) is 19.3 Å². The Bertz CT molecular complexity index is 388. The molecule has 1 saturated carbocycles. The summed E-state index contributed by atoms with van der Waals surface area (Å²) in [6.45, 7) is 4.35. The van der Waals surface area contributed by atoms with Crippen LogP contribution in [0.5, 0.6) is 5.75 Å². The largest absolute Gasteiger partial charge is 0.492 e. The van der Waals surface area contributed by atoms with Crippen molar-refractivity contribution in [2.45, 2.75) is 39.0 Å². The van der Waals surface area contributed by atoms with E-state index in [4.69, 9.17) is 4.74 Å². The molecule has 1 aromatic rings. The number of rotatable bonds is 6. The fourth-order valence-electron chi connectivity index (χ4n) is 2.65. The third-order valence-corrected chi connectivity index (χ3v) is 3.83. The Morgan fingerprint density at radius 3 is 2.79 bits per heavy atom. The lowest BCUT2D eigenvalue weighted by atomic mass is 9.89. The van der Waals surface area contributed by atoms with Crippen LogP contribution in [0.4, 0.5) is 4.39 Å². The van der Waals surface area contributed by atoms with Crippen molar-refractivity contribution < 1.29 is 9.13 Å². The van der Waals surface area contributed by atoms with Crippen molar-refractivity contribution in [3.05, 3.63) is 29.6 Å². The topological polar surface area (TPSA) is 21.3 Å². The lowest BCUT2D eigenvalue weighted by molar-refractivity contribution is 0.294. The molecule has 0 amide bonds. The van der Waals surface area contributed by atoms with Crippen LogP contribution in [0.15, 0.2) is 18.2 Å². The highest BCUT2D eigenvalue weighted by molar-refractivity contribution is 5.28. The van der Waals surface area contributed by atoms with Crippen LogP contribution in [0.25, 0.3) is 0 Å². The van der Waals surface area contributed by atoms with Gasteiger partial charge < -0.3 is 10.1 Å². The quantitative estimate of drug-likeness (QED) is 0.792. The van der Waals surface area contributed by atoms with Crippen LogP contribution >= 0.6 is 0 Å². The van der Waals surface area contributed by atoms with E-state index in [9.17, 15) is 4.39 Å². The summed E-state index contributed by atoms with van der Waals surface area (Å²) in [5, 5.41) is 3.45. The molecule has 0 atom stereocenters. The Morgan fingerprint density at radius 1 is 1.26 bits per heavy atom. The van der Waals surface area contributed by atoms with Gasteiger partial charge in [0.25, 0.3) is 0 Å². The van der Waals surface area contributed by atoms with Crippen LogP contribution in [0.3, 0.4) is 0 Å². The third kappa shape index (κ3) is 4.83. The first-order valence-electron chi connectivity index (χ1n) is 7.35. The highest BCUT2D eigenvalue weighted by Crippen LogP contribution is 2.22. The highest BCUT2D eigenvalue weighted by atomic mass is 19.1. The summed E-state index contributed by atoms with van der Waals surface area (Å²) in [6.07, 6.45) is 6.91. The molecule has 1 N–H and O–H groups in total. The normalized spacial score (nSPS) is 16.5. The van der Waals surface area contributed by atoms with E-state index in [1.165, 1.54) is 38.2 Å². The van der Waals surface area contributed by atoms with Crippen molar-refractivity contribution in [3.63, 3.8) is 0 Å². The molecule has 0 unspecified atom stereocenters. The first-order chi connectivity index (χ1) is 9.25. The van der Waals surface area contributed by atoms with Crippen LogP contribution in [-0.4, -0.2) is 19.7 Å². The van der Waals surface area contributed by atoms with Crippen LogP contribution in [0, 0.1) is 18.7 Å². The van der Waals surface area contributed by atoms with Gasteiger partial charge in [0, 0.05) is 6.54 Å². The van der Waals surface area contributed by atoms with Gasteiger partial charge in [0.05, 0.1) is 0 Å². The van der Waals surface area contributed by atoms with E-state index in [2.05, 4.69) is 5.32 Å². The summed E-state index contributed by atoms with van der Waals surface area (Å²) in [5.41, 5.74) is 0.632. The van der Waals surface area contributed by atoms with Crippen molar-refractivity contribution in [2.24, 2.45) is 5.92 Å². The smallest absolute Gasteiger partial charge is 0.126 e. The van der Waals surface area contributed by atoms with Gasteiger partial charge in [-0.15, -0.1) is 0 Å². The summed E-state index contributed by atoms with van der Waals surface area (Å²) in [5.74, 6) is 1.42. The molecule has 3 heteroatoms. The molecule has 1 aliphatic rings. The number of ether oxygens (including phenoxy) is 1. The summed E-state index contributed by atoms with van der Waals surface area (Å²) in [7, 11) is 0. The standard InChI is InChI=1S/C16H24FNO/c1-13-11-15(7-8-16(13)17)19-10-9-18-12-14-5-3-2-4-6-14/h7-8,11,14,18H,2-6,9-10,12H2,1H3. The van der Waals surface area contributed by atoms with Crippen LogP contribution < -0.4 is 10.1 Å². The monoisotopic (exact) mass is 265 g/mol. The zero-order chi connectivity index (χ0) is 13.5. The van der Waals surface area contributed by atoms with Crippen LogP contribution in [0.1, 0.15) is 37.7 Å². The predicted molar refractivity (Wildman–Crippen MR) is 76.1 cm³/mol. The highest BCUT2D eigenvalue weighted by Gasteiger charge is 2.12. The number of hydrogen-bond donors (Lipinski definition) is 1. The summed E-state index contributed by atoms with van der Waals surface area (Å²) in [6, 6.07) is 4.89. The van der Waals surface area contributed by atoms with Gasteiger partial charge in [0.15, 0.2) is 0 Å². The van der Waals surface area contributed by atoms with Crippen LogP contribution in [-0.2, 0) is 0 Å². The summed E-state index contributed by atoms with van der Waals surface area (Å²) >= 11 is 0. The van der Waals surface area contributed by atoms with E-state index in [0.717, 1.165) is 24.8 Å². The molecule has 2 nitrogen and oxygen atoms in total. The van der Waals surface area contributed by atoms with E-state index < -0.39 is 0 Å². The van der Waals surface area contributed by atoms with Crippen LogP contribution in [0.2, 0.25) is 0 Å². The lowest BCUT2D eigenvalue weighted by Gasteiger charge is -2.21. The maximum atomic E-state index is 13.1.